The van der Waals surface area contributed by atoms with Gasteiger partial charge < -0.3 is 10.1 Å². The second-order valence-corrected chi connectivity index (χ2v) is 6.31. The van der Waals surface area contributed by atoms with Gasteiger partial charge in [0.05, 0.1) is 17.6 Å². The maximum Gasteiger partial charge on any atom is 0.270 e. The maximum absolute atomic E-state index is 14.6. The average molecular weight is 391 g/mol. The number of carbonyl (C=O) groups excluding carboxylic acids is 1. The van der Waals surface area contributed by atoms with Crippen LogP contribution in [0.2, 0.25) is 0 Å². The summed E-state index contributed by atoms with van der Waals surface area (Å²) in [6.45, 7) is 2.42. The molecule has 6 heteroatoms. The first kappa shape index (κ1) is 20.3. The molecule has 0 bridgehead atoms. The Kier molecular flexibility index (Phi) is 7.12. The average Bonchev–Trinajstić information content (AvgIpc) is 2.75. The predicted molar refractivity (Wildman–Crippen MR) is 110 cm³/mol. The third kappa shape index (κ3) is 5.52. The smallest absolute Gasteiger partial charge is 0.270 e. The summed E-state index contributed by atoms with van der Waals surface area (Å²) in [5, 5.41) is 2.70. The minimum absolute atomic E-state index is 0.0383. The number of unbranched alkanes of at least 4 members (excludes halogenated alkanes) is 1. The summed E-state index contributed by atoms with van der Waals surface area (Å²) < 4.78 is 20.2. The molecule has 2 aromatic heterocycles. The molecule has 148 valence electrons. The molecular weight excluding hydrogens is 369 g/mol. The van der Waals surface area contributed by atoms with Gasteiger partial charge in [0.2, 0.25) is 0 Å². The van der Waals surface area contributed by atoms with Crippen molar-refractivity contribution >= 4 is 16.9 Å². The summed E-state index contributed by atoms with van der Waals surface area (Å²) in [6, 6.07) is 11.8. The number of nitrogens with one attached hydrogen (secondary N) is 1. The molecule has 0 saturated heterocycles. The van der Waals surface area contributed by atoms with Crippen molar-refractivity contribution in [3.05, 3.63) is 65.7 Å². The first-order valence-corrected chi connectivity index (χ1v) is 9.55. The van der Waals surface area contributed by atoms with Gasteiger partial charge in [-0.3, -0.25) is 9.78 Å². The molecule has 0 aliphatic heterocycles. The summed E-state index contributed by atoms with van der Waals surface area (Å²) in [5.41, 5.74) is 1.95. The van der Waals surface area contributed by atoms with E-state index in [2.05, 4.69) is 27.1 Å². The van der Waals surface area contributed by atoms with Crippen molar-refractivity contribution in [3.63, 3.8) is 0 Å². The molecule has 1 aromatic carbocycles. The van der Waals surface area contributed by atoms with Crippen molar-refractivity contribution < 1.29 is 13.9 Å². The Morgan fingerprint density at radius 1 is 1.14 bits per heavy atom. The number of hydrogen-bond acceptors (Lipinski definition) is 4. The number of carbonyl (C=O) groups is 1. The number of hydrogen-bond donors (Lipinski definition) is 1. The highest BCUT2D eigenvalue weighted by molar-refractivity contribution is 5.94. The zero-order chi connectivity index (χ0) is 20.5. The van der Waals surface area contributed by atoms with Crippen molar-refractivity contribution in [2.45, 2.75) is 32.7 Å². The van der Waals surface area contributed by atoms with E-state index >= 15 is 0 Å². The first-order valence-electron chi connectivity index (χ1n) is 9.55. The predicted octanol–water partition coefficient (Wildman–Crippen LogP) is 4.27. The van der Waals surface area contributed by atoms with Crippen molar-refractivity contribution in [3.8, 4) is 17.6 Å². The van der Waals surface area contributed by atoms with E-state index in [-0.39, 0.29) is 23.9 Å². The number of rotatable bonds is 7. The van der Waals surface area contributed by atoms with Gasteiger partial charge in [-0.15, -0.1) is 11.8 Å². The Labute approximate surface area is 169 Å². The highest BCUT2D eigenvalue weighted by Crippen LogP contribution is 2.21. The van der Waals surface area contributed by atoms with E-state index in [0.29, 0.717) is 23.2 Å². The number of amides is 1. The zero-order valence-electron chi connectivity index (χ0n) is 16.2. The lowest BCUT2D eigenvalue weighted by Crippen LogP contribution is -2.24. The van der Waals surface area contributed by atoms with Crippen LogP contribution in [0.1, 0.15) is 42.2 Å². The molecule has 29 heavy (non-hydrogen) atoms. The molecule has 1 amide bonds. The largest absolute Gasteiger partial charge is 0.490 e. The molecule has 0 fully saturated rings. The van der Waals surface area contributed by atoms with Gasteiger partial charge in [-0.2, -0.15) is 0 Å². The van der Waals surface area contributed by atoms with Gasteiger partial charge >= 0.3 is 0 Å². The first-order chi connectivity index (χ1) is 14.2. The topological polar surface area (TPSA) is 64.1 Å². The van der Waals surface area contributed by atoms with Crippen molar-refractivity contribution in [1.82, 2.24) is 15.3 Å². The molecule has 0 unspecified atom stereocenters. The second-order valence-electron chi connectivity index (χ2n) is 6.31. The Hall–Kier alpha value is -3.46. The fraction of sp³-hybridized carbons (Fsp3) is 0.261. The van der Waals surface area contributed by atoms with Crippen LogP contribution in [-0.2, 0) is 6.54 Å². The summed E-state index contributed by atoms with van der Waals surface area (Å²) in [5.74, 6) is 5.34. The van der Waals surface area contributed by atoms with E-state index in [1.165, 1.54) is 0 Å². The lowest BCUT2D eigenvalue weighted by molar-refractivity contribution is 0.0946. The van der Waals surface area contributed by atoms with Gasteiger partial charge in [0.1, 0.15) is 5.69 Å². The fourth-order valence-electron chi connectivity index (χ4n) is 2.71. The van der Waals surface area contributed by atoms with Gasteiger partial charge in [0, 0.05) is 31.1 Å². The lowest BCUT2D eigenvalue weighted by atomic mass is 10.2. The van der Waals surface area contributed by atoms with Crippen LogP contribution < -0.4 is 10.1 Å². The summed E-state index contributed by atoms with van der Waals surface area (Å²) in [7, 11) is 0. The molecule has 0 radical (unpaired) electrons. The zero-order valence-corrected chi connectivity index (χ0v) is 16.2. The number of aromatic nitrogens is 2. The standard InChI is InChI=1S/C23H22FN3O2/c1-2-3-4-5-6-15-29-21-11-7-9-17(22(21)24)16-26-23(28)20-13-12-18-19(27-20)10-8-14-25-18/h7-14H,2,5-6,15-16H2,1H3,(H,26,28). The highest BCUT2D eigenvalue weighted by atomic mass is 19.1. The highest BCUT2D eigenvalue weighted by Gasteiger charge is 2.12. The molecule has 0 atom stereocenters. The molecule has 0 spiro atoms. The van der Waals surface area contributed by atoms with Crippen LogP contribution in [0.4, 0.5) is 4.39 Å². The van der Waals surface area contributed by atoms with Crippen LogP contribution in [0, 0.1) is 17.7 Å². The van der Waals surface area contributed by atoms with Gasteiger partial charge in [-0.05, 0) is 36.8 Å². The Balaban J connectivity index is 1.58. The van der Waals surface area contributed by atoms with E-state index in [1.54, 1.807) is 48.7 Å². The van der Waals surface area contributed by atoms with Crippen LogP contribution in [-0.4, -0.2) is 22.5 Å². The second kappa shape index (κ2) is 10.2. The lowest BCUT2D eigenvalue weighted by Gasteiger charge is -2.11. The van der Waals surface area contributed by atoms with Gasteiger partial charge in [0.15, 0.2) is 11.6 Å². The quantitative estimate of drug-likeness (QED) is 0.483. The molecule has 0 aliphatic carbocycles. The number of nitrogens with zero attached hydrogens (tertiary/aromatic N) is 2. The summed E-state index contributed by atoms with van der Waals surface area (Å²) in [4.78, 5) is 20.9. The Bertz CT molecular complexity index is 1060. The molecule has 0 aliphatic rings. The SMILES string of the molecule is CCC#CCCCOc1cccc(CNC(=O)c2ccc3ncccc3n2)c1F. The third-order valence-electron chi connectivity index (χ3n) is 4.18. The third-order valence-corrected chi connectivity index (χ3v) is 4.18. The van der Waals surface area contributed by atoms with Crippen molar-refractivity contribution in [2.24, 2.45) is 0 Å². The number of ether oxygens (including phenoxy) is 1. The number of benzene rings is 1. The van der Waals surface area contributed by atoms with E-state index < -0.39 is 5.82 Å². The molecule has 3 aromatic rings. The van der Waals surface area contributed by atoms with Crippen LogP contribution >= 0.6 is 0 Å². The number of halogens is 1. The molecule has 3 rings (SSSR count). The van der Waals surface area contributed by atoms with Crippen molar-refractivity contribution in [2.75, 3.05) is 6.61 Å². The molecule has 1 N–H and O–H groups in total. The van der Waals surface area contributed by atoms with Crippen LogP contribution in [0.3, 0.4) is 0 Å². The number of fused-ring (bicyclic) bond motifs is 1. The minimum Gasteiger partial charge on any atom is -0.490 e. The van der Waals surface area contributed by atoms with E-state index in [4.69, 9.17) is 4.74 Å². The van der Waals surface area contributed by atoms with Crippen LogP contribution in [0.15, 0.2) is 48.7 Å². The van der Waals surface area contributed by atoms with E-state index in [1.807, 2.05) is 6.92 Å². The Morgan fingerprint density at radius 2 is 2.03 bits per heavy atom. The maximum atomic E-state index is 14.6. The molecule has 5 nitrogen and oxygen atoms in total. The van der Waals surface area contributed by atoms with Gasteiger partial charge in [-0.25, -0.2) is 9.37 Å². The fourth-order valence-corrected chi connectivity index (χ4v) is 2.71. The van der Waals surface area contributed by atoms with E-state index in [9.17, 15) is 9.18 Å². The molecular formula is C23H22FN3O2. The monoisotopic (exact) mass is 391 g/mol. The van der Waals surface area contributed by atoms with Gasteiger partial charge in [-0.1, -0.05) is 19.1 Å². The molecule has 0 saturated carbocycles. The molecule has 2 heterocycles. The summed E-state index contributed by atoms with van der Waals surface area (Å²) >= 11 is 0. The van der Waals surface area contributed by atoms with Crippen LogP contribution in [0.25, 0.3) is 11.0 Å². The summed E-state index contributed by atoms with van der Waals surface area (Å²) in [6.07, 6.45) is 3.95. The van der Waals surface area contributed by atoms with Crippen molar-refractivity contribution in [1.29, 1.82) is 0 Å². The minimum atomic E-state index is -0.469. The Morgan fingerprint density at radius 3 is 2.90 bits per heavy atom. The van der Waals surface area contributed by atoms with E-state index in [0.717, 1.165) is 19.3 Å². The van der Waals surface area contributed by atoms with Gasteiger partial charge in [0.25, 0.3) is 5.91 Å². The number of pyridine rings is 2. The normalized spacial score (nSPS) is 10.3. The van der Waals surface area contributed by atoms with Crippen LogP contribution in [0.5, 0.6) is 5.75 Å².